The lowest BCUT2D eigenvalue weighted by atomic mass is 10.1. The molecule has 0 aliphatic rings. The molecule has 86 valence electrons. The van der Waals surface area contributed by atoms with Crippen LogP contribution in [0.1, 0.15) is 16.5 Å². The Morgan fingerprint density at radius 2 is 2.06 bits per heavy atom. The predicted octanol–water partition coefficient (Wildman–Crippen LogP) is 5.41. The zero-order valence-electron chi connectivity index (χ0n) is 8.26. The van der Waals surface area contributed by atoms with Crippen molar-refractivity contribution in [1.82, 2.24) is 5.32 Å². The molecule has 0 radical (unpaired) electrons. The Kier molecular flexibility index (Phi) is 4.66. The van der Waals surface area contributed by atoms with Crippen molar-refractivity contribution in [2.75, 3.05) is 7.05 Å². The van der Waals surface area contributed by atoms with E-state index in [-0.39, 0.29) is 6.04 Å². The van der Waals surface area contributed by atoms with Gasteiger partial charge in [-0.05, 0) is 72.4 Å². The number of hydrogen-bond acceptors (Lipinski definition) is 3. The van der Waals surface area contributed by atoms with Crippen molar-refractivity contribution in [3.8, 4) is 0 Å². The first kappa shape index (κ1) is 13.2. The molecule has 0 saturated heterocycles. The molecule has 0 spiro atoms. The Labute approximate surface area is 128 Å². The average Bonchev–Trinajstić information content (AvgIpc) is 2.77. The molecule has 1 N–H and O–H groups in total. The maximum atomic E-state index is 3.61. The minimum absolute atomic E-state index is 0.228. The Balaban J connectivity index is 2.44. The van der Waals surface area contributed by atoms with Crippen molar-refractivity contribution < 1.29 is 0 Å². The fourth-order valence-electron chi connectivity index (χ4n) is 1.49. The van der Waals surface area contributed by atoms with Crippen molar-refractivity contribution in [3.63, 3.8) is 0 Å². The van der Waals surface area contributed by atoms with Crippen molar-refractivity contribution in [1.29, 1.82) is 0 Å². The maximum absolute atomic E-state index is 3.61. The SMILES string of the molecule is CNC(c1cc(Br)sc1Br)c1sccc1Br. The van der Waals surface area contributed by atoms with E-state index >= 15 is 0 Å². The quantitative estimate of drug-likeness (QED) is 0.666. The Bertz CT molecular complexity index is 492. The monoisotopic (exact) mass is 443 g/mol. The average molecular weight is 446 g/mol. The van der Waals surface area contributed by atoms with E-state index in [1.807, 2.05) is 7.05 Å². The predicted molar refractivity (Wildman–Crippen MR) is 82.6 cm³/mol. The molecular formula is C10H8Br3NS2. The lowest BCUT2D eigenvalue weighted by Crippen LogP contribution is -2.16. The van der Waals surface area contributed by atoms with Crippen LogP contribution in [0.5, 0.6) is 0 Å². The van der Waals surface area contributed by atoms with Gasteiger partial charge in [-0.3, -0.25) is 0 Å². The number of hydrogen-bond donors (Lipinski definition) is 1. The van der Waals surface area contributed by atoms with Crippen LogP contribution >= 0.6 is 70.5 Å². The Hall–Kier alpha value is 0.800. The third kappa shape index (κ3) is 2.62. The molecule has 0 bridgehead atoms. The second-order valence-corrected chi connectivity index (χ2v) is 8.69. The van der Waals surface area contributed by atoms with E-state index in [4.69, 9.17) is 0 Å². The zero-order valence-corrected chi connectivity index (χ0v) is 14.7. The second-order valence-electron chi connectivity index (χ2n) is 3.13. The van der Waals surface area contributed by atoms with E-state index < -0.39 is 0 Å². The second kappa shape index (κ2) is 5.63. The minimum atomic E-state index is 0.228. The van der Waals surface area contributed by atoms with Gasteiger partial charge in [-0.1, -0.05) is 0 Å². The van der Waals surface area contributed by atoms with Gasteiger partial charge in [0.25, 0.3) is 0 Å². The van der Waals surface area contributed by atoms with E-state index in [1.165, 1.54) is 14.2 Å². The van der Waals surface area contributed by atoms with E-state index in [2.05, 4.69) is 70.6 Å². The molecule has 0 aromatic carbocycles. The van der Waals surface area contributed by atoms with Crippen LogP contribution in [-0.2, 0) is 0 Å². The summed E-state index contributed by atoms with van der Waals surface area (Å²) in [7, 11) is 1.98. The molecule has 1 unspecified atom stereocenters. The molecule has 2 aromatic rings. The minimum Gasteiger partial charge on any atom is -0.309 e. The maximum Gasteiger partial charge on any atom is 0.0762 e. The zero-order chi connectivity index (χ0) is 11.7. The normalized spacial score (nSPS) is 13.0. The Morgan fingerprint density at radius 3 is 2.50 bits per heavy atom. The highest BCUT2D eigenvalue weighted by atomic mass is 79.9. The van der Waals surface area contributed by atoms with Crippen LogP contribution in [0.3, 0.4) is 0 Å². The largest absolute Gasteiger partial charge is 0.309 e. The fourth-order valence-corrected chi connectivity index (χ4v) is 6.12. The van der Waals surface area contributed by atoms with Gasteiger partial charge in [0.15, 0.2) is 0 Å². The van der Waals surface area contributed by atoms with Crippen molar-refractivity contribution >= 4 is 70.5 Å². The summed E-state index contributed by atoms with van der Waals surface area (Å²) in [6.45, 7) is 0. The van der Waals surface area contributed by atoms with Crippen LogP contribution in [0, 0.1) is 0 Å². The van der Waals surface area contributed by atoms with Crippen LogP contribution in [0.2, 0.25) is 0 Å². The highest BCUT2D eigenvalue weighted by Crippen LogP contribution is 2.40. The lowest BCUT2D eigenvalue weighted by molar-refractivity contribution is 0.701. The van der Waals surface area contributed by atoms with Gasteiger partial charge >= 0.3 is 0 Å². The first-order valence-electron chi connectivity index (χ1n) is 4.48. The molecule has 0 fully saturated rings. The summed E-state index contributed by atoms with van der Waals surface area (Å²) in [4.78, 5) is 1.30. The molecule has 0 aliphatic carbocycles. The third-order valence-electron chi connectivity index (χ3n) is 2.19. The summed E-state index contributed by atoms with van der Waals surface area (Å²) in [5, 5.41) is 5.45. The first-order chi connectivity index (χ1) is 7.63. The molecule has 2 aromatic heterocycles. The summed E-state index contributed by atoms with van der Waals surface area (Å²) in [5.74, 6) is 0. The summed E-state index contributed by atoms with van der Waals surface area (Å²) in [5.41, 5.74) is 1.27. The highest BCUT2D eigenvalue weighted by Gasteiger charge is 2.20. The van der Waals surface area contributed by atoms with E-state index in [0.29, 0.717) is 0 Å². The lowest BCUT2D eigenvalue weighted by Gasteiger charge is -2.14. The molecule has 0 amide bonds. The molecule has 0 saturated carbocycles. The molecule has 0 aliphatic heterocycles. The highest BCUT2D eigenvalue weighted by molar-refractivity contribution is 9.12. The van der Waals surface area contributed by atoms with Gasteiger partial charge in [-0.15, -0.1) is 22.7 Å². The number of thiophene rings is 2. The summed E-state index contributed by atoms with van der Waals surface area (Å²) < 4.78 is 3.47. The van der Waals surface area contributed by atoms with Gasteiger partial charge in [0, 0.05) is 14.9 Å². The van der Waals surface area contributed by atoms with Gasteiger partial charge in [-0.2, -0.15) is 0 Å². The smallest absolute Gasteiger partial charge is 0.0762 e. The molecule has 16 heavy (non-hydrogen) atoms. The van der Waals surface area contributed by atoms with Crippen LogP contribution in [0.25, 0.3) is 0 Å². The van der Waals surface area contributed by atoms with E-state index in [9.17, 15) is 0 Å². The van der Waals surface area contributed by atoms with E-state index in [0.717, 1.165) is 8.26 Å². The van der Waals surface area contributed by atoms with E-state index in [1.54, 1.807) is 22.7 Å². The summed E-state index contributed by atoms with van der Waals surface area (Å²) >= 11 is 14.2. The van der Waals surface area contributed by atoms with Crippen LogP contribution in [0.15, 0.2) is 29.6 Å². The molecular weight excluding hydrogens is 438 g/mol. The van der Waals surface area contributed by atoms with Crippen molar-refractivity contribution in [2.45, 2.75) is 6.04 Å². The fraction of sp³-hybridized carbons (Fsp3) is 0.200. The van der Waals surface area contributed by atoms with Crippen LogP contribution in [-0.4, -0.2) is 7.05 Å². The van der Waals surface area contributed by atoms with Crippen LogP contribution < -0.4 is 5.32 Å². The topological polar surface area (TPSA) is 12.0 Å². The Morgan fingerprint density at radius 1 is 1.31 bits per heavy atom. The van der Waals surface area contributed by atoms with Gasteiger partial charge in [0.1, 0.15) is 0 Å². The van der Waals surface area contributed by atoms with Gasteiger partial charge in [0.05, 0.1) is 13.6 Å². The van der Waals surface area contributed by atoms with Gasteiger partial charge in [0.2, 0.25) is 0 Å². The number of rotatable bonds is 3. The standard InChI is InChI=1S/C10H8Br3NS2/c1-14-8(9-6(11)2-3-15-9)5-4-7(12)16-10(5)13/h2-4,8,14H,1H3. The summed E-state index contributed by atoms with van der Waals surface area (Å²) in [6, 6.07) is 4.47. The molecule has 1 nitrogen and oxygen atoms in total. The molecule has 2 rings (SSSR count). The summed E-state index contributed by atoms with van der Waals surface area (Å²) in [6.07, 6.45) is 0. The third-order valence-corrected chi connectivity index (χ3v) is 6.51. The van der Waals surface area contributed by atoms with Crippen molar-refractivity contribution in [3.05, 3.63) is 40.0 Å². The van der Waals surface area contributed by atoms with Crippen molar-refractivity contribution in [2.24, 2.45) is 0 Å². The number of halogens is 3. The molecule has 6 heteroatoms. The van der Waals surface area contributed by atoms with Crippen LogP contribution in [0.4, 0.5) is 0 Å². The molecule has 1 atom stereocenters. The number of nitrogens with one attached hydrogen (secondary N) is 1. The van der Waals surface area contributed by atoms with Gasteiger partial charge < -0.3 is 5.32 Å². The van der Waals surface area contributed by atoms with Gasteiger partial charge in [-0.25, -0.2) is 0 Å². The first-order valence-corrected chi connectivity index (χ1v) is 8.56. The molecule has 2 heterocycles.